The Labute approximate surface area is 155 Å². The number of carboxylic acid groups (broad SMARTS) is 1. The van der Waals surface area contributed by atoms with Gasteiger partial charge in [0.25, 0.3) is 5.91 Å². The highest BCUT2D eigenvalue weighted by molar-refractivity contribution is 5.98. The molecule has 0 aliphatic heterocycles. The molecule has 2 aromatic rings. The molecule has 0 aliphatic rings. The van der Waals surface area contributed by atoms with Gasteiger partial charge in [-0.25, -0.2) is 4.39 Å². The van der Waals surface area contributed by atoms with Crippen LogP contribution in [0.15, 0.2) is 36.4 Å². The highest BCUT2D eigenvalue weighted by atomic mass is 19.1. The van der Waals surface area contributed by atoms with Crippen LogP contribution in [0.2, 0.25) is 0 Å². The molecule has 0 radical (unpaired) electrons. The zero-order chi connectivity index (χ0) is 20.0. The molecular weight excluding hydrogens is 357 g/mol. The van der Waals surface area contributed by atoms with E-state index < -0.39 is 24.2 Å². The van der Waals surface area contributed by atoms with Gasteiger partial charge in [-0.05, 0) is 35.9 Å². The fraction of sp³-hybridized carbons (Fsp3) is 0.263. The summed E-state index contributed by atoms with van der Waals surface area (Å²) in [7, 11) is 4.31. The summed E-state index contributed by atoms with van der Waals surface area (Å²) >= 11 is 0. The largest absolute Gasteiger partial charge is 0.497 e. The van der Waals surface area contributed by atoms with E-state index in [4.69, 9.17) is 14.2 Å². The number of halogens is 1. The molecule has 0 aliphatic carbocycles. The van der Waals surface area contributed by atoms with Crippen LogP contribution in [0.5, 0.6) is 17.2 Å². The van der Waals surface area contributed by atoms with Gasteiger partial charge in [-0.2, -0.15) is 0 Å². The first kappa shape index (κ1) is 20.0. The number of carboxylic acids is 1. The number of carbonyl (C=O) groups excluding carboxylic acids is 1. The van der Waals surface area contributed by atoms with E-state index in [2.05, 4.69) is 0 Å². The van der Waals surface area contributed by atoms with Gasteiger partial charge in [0.2, 0.25) is 0 Å². The minimum Gasteiger partial charge on any atom is -0.497 e. The van der Waals surface area contributed by atoms with Crippen molar-refractivity contribution in [1.82, 2.24) is 4.90 Å². The highest BCUT2D eigenvalue weighted by Gasteiger charge is 2.23. The first-order chi connectivity index (χ1) is 12.9. The number of hydrogen-bond acceptors (Lipinski definition) is 5. The molecule has 1 amide bonds. The summed E-state index contributed by atoms with van der Waals surface area (Å²) in [6.07, 6.45) is 0. The highest BCUT2D eigenvalue weighted by Crippen LogP contribution is 2.25. The topological polar surface area (TPSA) is 85.3 Å². The van der Waals surface area contributed by atoms with E-state index >= 15 is 0 Å². The number of rotatable bonds is 8. The molecule has 0 saturated carbocycles. The number of nitrogens with zero attached hydrogens (tertiary/aromatic N) is 1. The van der Waals surface area contributed by atoms with Crippen molar-refractivity contribution in [3.05, 3.63) is 53.3 Å². The van der Waals surface area contributed by atoms with Crippen molar-refractivity contribution in [1.29, 1.82) is 0 Å². The summed E-state index contributed by atoms with van der Waals surface area (Å²) < 4.78 is 29.1. The molecule has 0 heterocycles. The molecule has 144 valence electrons. The zero-order valence-corrected chi connectivity index (χ0v) is 15.2. The summed E-state index contributed by atoms with van der Waals surface area (Å²) in [5, 5.41) is 9.19. The van der Waals surface area contributed by atoms with Gasteiger partial charge in [-0.3, -0.25) is 9.59 Å². The SMILES string of the molecule is COc1cc(CN(CC(=O)O)C(=O)c2cc(F)ccc2OC)cc(OC)c1. The van der Waals surface area contributed by atoms with E-state index in [1.165, 1.54) is 27.4 Å². The molecule has 2 rings (SSSR count). The van der Waals surface area contributed by atoms with Crippen molar-refractivity contribution < 1.29 is 33.3 Å². The van der Waals surface area contributed by atoms with E-state index in [0.717, 1.165) is 17.0 Å². The Bertz CT molecular complexity index is 817. The van der Waals surface area contributed by atoms with Gasteiger partial charge in [0.1, 0.15) is 29.6 Å². The van der Waals surface area contributed by atoms with Crippen LogP contribution in [0.4, 0.5) is 4.39 Å². The van der Waals surface area contributed by atoms with Gasteiger partial charge >= 0.3 is 5.97 Å². The van der Waals surface area contributed by atoms with Crippen molar-refractivity contribution in [3.63, 3.8) is 0 Å². The van der Waals surface area contributed by atoms with E-state index in [1.54, 1.807) is 18.2 Å². The number of aliphatic carboxylic acids is 1. The van der Waals surface area contributed by atoms with Crippen molar-refractivity contribution >= 4 is 11.9 Å². The molecule has 0 bridgehead atoms. The van der Waals surface area contributed by atoms with E-state index in [9.17, 15) is 19.1 Å². The molecule has 0 unspecified atom stereocenters. The van der Waals surface area contributed by atoms with Crippen LogP contribution in [0, 0.1) is 5.82 Å². The summed E-state index contributed by atoms with van der Waals surface area (Å²) in [6.45, 7) is -0.615. The second-order valence-electron chi connectivity index (χ2n) is 5.62. The maximum absolute atomic E-state index is 13.6. The molecule has 2 aromatic carbocycles. The Morgan fingerprint density at radius 1 is 1.00 bits per heavy atom. The van der Waals surface area contributed by atoms with Crippen LogP contribution < -0.4 is 14.2 Å². The maximum Gasteiger partial charge on any atom is 0.323 e. The summed E-state index contributed by atoms with van der Waals surface area (Å²) in [5.74, 6) is -1.35. The number of hydrogen-bond donors (Lipinski definition) is 1. The fourth-order valence-corrected chi connectivity index (χ4v) is 2.56. The lowest BCUT2D eigenvalue weighted by molar-refractivity contribution is -0.137. The molecule has 8 heteroatoms. The molecule has 0 spiro atoms. The van der Waals surface area contributed by atoms with Gasteiger partial charge in [-0.1, -0.05) is 0 Å². The molecule has 7 nitrogen and oxygen atoms in total. The van der Waals surface area contributed by atoms with Gasteiger partial charge < -0.3 is 24.2 Å². The third-order valence-electron chi connectivity index (χ3n) is 3.79. The second-order valence-corrected chi connectivity index (χ2v) is 5.62. The minimum absolute atomic E-state index is 0.0433. The average molecular weight is 377 g/mol. The fourth-order valence-electron chi connectivity index (χ4n) is 2.56. The van der Waals surface area contributed by atoms with Crippen LogP contribution in [-0.2, 0) is 11.3 Å². The summed E-state index contributed by atoms with van der Waals surface area (Å²) in [4.78, 5) is 25.2. The van der Waals surface area contributed by atoms with E-state index in [-0.39, 0.29) is 17.9 Å². The lowest BCUT2D eigenvalue weighted by atomic mass is 10.1. The van der Waals surface area contributed by atoms with Crippen LogP contribution in [0.1, 0.15) is 15.9 Å². The molecule has 0 saturated heterocycles. The average Bonchev–Trinajstić information content (AvgIpc) is 2.66. The number of ether oxygens (including phenoxy) is 3. The Hall–Kier alpha value is -3.29. The first-order valence-corrected chi connectivity index (χ1v) is 7.94. The van der Waals surface area contributed by atoms with Crippen molar-refractivity contribution in [3.8, 4) is 17.2 Å². The van der Waals surface area contributed by atoms with Crippen LogP contribution in [-0.4, -0.2) is 49.8 Å². The summed E-state index contributed by atoms with van der Waals surface area (Å²) in [5.41, 5.74) is 0.532. The van der Waals surface area contributed by atoms with E-state index in [0.29, 0.717) is 17.1 Å². The normalized spacial score (nSPS) is 10.2. The zero-order valence-electron chi connectivity index (χ0n) is 15.2. The molecule has 0 atom stereocenters. The Morgan fingerprint density at radius 3 is 2.15 bits per heavy atom. The lowest BCUT2D eigenvalue weighted by Crippen LogP contribution is -2.35. The van der Waals surface area contributed by atoms with E-state index in [1.807, 2.05) is 0 Å². The van der Waals surface area contributed by atoms with Crippen molar-refractivity contribution in [2.24, 2.45) is 0 Å². The first-order valence-electron chi connectivity index (χ1n) is 7.94. The molecular formula is C19H20FNO6. The number of amides is 1. The number of carbonyl (C=O) groups is 2. The molecule has 27 heavy (non-hydrogen) atoms. The Morgan fingerprint density at radius 2 is 1.63 bits per heavy atom. The maximum atomic E-state index is 13.6. The number of methoxy groups -OCH3 is 3. The predicted octanol–water partition coefficient (Wildman–Crippen LogP) is 2.58. The lowest BCUT2D eigenvalue weighted by Gasteiger charge is -2.22. The smallest absolute Gasteiger partial charge is 0.323 e. The monoisotopic (exact) mass is 377 g/mol. The van der Waals surface area contributed by atoms with Crippen LogP contribution >= 0.6 is 0 Å². The third-order valence-corrected chi connectivity index (χ3v) is 3.79. The van der Waals surface area contributed by atoms with Gasteiger partial charge in [0, 0.05) is 12.6 Å². The molecule has 1 N–H and O–H groups in total. The molecule has 0 aromatic heterocycles. The summed E-state index contributed by atoms with van der Waals surface area (Å²) in [6, 6.07) is 8.46. The molecule has 0 fully saturated rings. The van der Waals surface area contributed by atoms with Crippen molar-refractivity contribution in [2.45, 2.75) is 6.54 Å². The predicted molar refractivity (Wildman–Crippen MR) is 94.9 cm³/mol. The second kappa shape index (κ2) is 8.88. The standard InChI is InChI=1S/C19H20FNO6/c1-25-14-6-12(7-15(9-14)26-2)10-21(11-18(22)23)19(24)16-8-13(20)4-5-17(16)27-3/h4-9H,10-11H2,1-3H3,(H,22,23). The van der Waals surface area contributed by atoms with Crippen LogP contribution in [0.3, 0.4) is 0 Å². The van der Waals surface area contributed by atoms with Crippen molar-refractivity contribution in [2.75, 3.05) is 27.9 Å². The van der Waals surface area contributed by atoms with Gasteiger partial charge in [0.05, 0.1) is 26.9 Å². The van der Waals surface area contributed by atoms with Gasteiger partial charge in [0.15, 0.2) is 0 Å². The minimum atomic E-state index is -1.20. The Balaban J connectivity index is 2.40. The van der Waals surface area contributed by atoms with Gasteiger partial charge in [-0.15, -0.1) is 0 Å². The third kappa shape index (κ3) is 5.10. The Kier molecular flexibility index (Phi) is 6.59. The van der Waals surface area contributed by atoms with Crippen LogP contribution in [0.25, 0.3) is 0 Å². The quantitative estimate of drug-likeness (QED) is 0.761. The number of benzene rings is 2.